The van der Waals surface area contributed by atoms with E-state index < -0.39 is 0 Å². The Hall–Kier alpha value is 0.794. The summed E-state index contributed by atoms with van der Waals surface area (Å²) in [6, 6.07) is 0. The molecule has 4 heteroatoms. The van der Waals surface area contributed by atoms with E-state index in [2.05, 4.69) is 0 Å². The Bertz CT molecular complexity index is 106. The maximum atomic E-state index is 10.7. The third-order valence-corrected chi connectivity index (χ3v) is 1.34. The van der Waals surface area contributed by atoms with Crippen LogP contribution in [0.1, 0.15) is 32.6 Å². The minimum Gasteiger partial charge on any atom is -0.466 e. The van der Waals surface area contributed by atoms with Gasteiger partial charge in [-0.15, -0.1) is 0 Å². The van der Waals surface area contributed by atoms with Crippen LogP contribution in [0.25, 0.3) is 0 Å². The maximum absolute atomic E-state index is 10.7. The number of esters is 1. The van der Waals surface area contributed by atoms with Gasteiger partial charge in [-0.25, -0.2) is 0 Å². The second kappa shape index (κ2) is 11.8. The zero-order valence-electron chi connectivity index (χ0n) is 7.58. The van der Waals surface area contributed by atoms with Crippen molar-refractivity contribution in [1.82, 2.24) is 0 Å². The van der Waals surface area contributed by atoms with Gasteiger partial charge < -0.3 is 9.84 Å². The van der Waals surface area contributed by atoms with Gasteiger partial charge in [-0.1, -0.05) is 6.42 Å². The van der Waals surface area contributed by atoms with Crippen molar-refractivity contribution in [3.8, 4) is 0 Å². The van der Waals surface area contributed by atoms with Gasteiger partial charge >= 0.3 is 5.97 Å². The van der Waals surface area contributed by atoms with E-state index in [9.17, 15) is 4.79 Å². The molecule has 0 rings (SSSR count). The number of aliphatic hydroxyl groups is 1. The third-order valence-electron chi connectivity index (χ3n) is 1.34. The predicted molar refractivity (Wildman–Crippen MR) is 42.2 cm³/mol. The molecule has 0 aliphatic rings. The molecule has 69 valence electrons. The van der Waals surface area contributed by atoms with E-state index >= 15 is 0 Å². The average Bonchev–Trinajstić information content (AvgIpc) is 1.99. The van der Waals surface area contributed by atoms with E-state index in [4.69, 9.17) is 9.84 Å². The topological polar surface area (TPSA) is 46.5 Å². The van der Waals surface area contributed by atoms with Gasteiger partial charge in [0.05, 0.1) is 6.61 Å². The summed E-state index contributed by atoms with van der Waals surface area (Å²) in [5.41, 5.74) is 0. The molecule has 0 atom stereocenters. The minimum absolute atomic E-state index is 0. The Morgan fingerprint density at radius 1 is 1.33 bits per heavy atom. The van der Waals surface area contributed by atoms with Crippen molar-refractivity contribution in [2.75, 3.05) is 13.2 Å². The van der Waals surface area contributed by atoms with Gasteiger partial charge in [-0.2, -0.15) is 0 Å². The van der Waals surface area contributed by atoms with Crippen molar-refractivity contribution in [2.45, 2.75) is 32.6 Å². The molecule has 0 saturated heterocycles. The quantitative estimate of drug-likeness (QED) is 0.590. The van der Waals surface area contributed by atoms with Crippen molar-refractivity contribution in [1.29, 1.82) is 0 Å². The Balaban J connectivity index is 0. The van der Waals surface area contributed by atoms with Crippen LogP contribution in [0, 0.1) is 41.3 Å². The Morgan fingerprint density at radius 3 is 2.50 bits per heavy atom. The van der Waals surface area contributed by atoms with Gasteiger partial charge in [-0.3, -0.25) is 4.79 Å². The average molecular weight is 301 g/mol. The van der Waals surface area contributed by atoms with Gasteiger partial charge in [0, 0.05) is 54.3 Å². The van der Waals surface area contributed by atoms with E-state index in [1.807, 2.05) is 0 Å². The second-order valence-corrected chi connectivity index (χ2v) is 2.34. The molecule has 1 N–H and O–H groups in total. The van der Waals surface area contributed by atoms with Crippen LogP contribution in [0.4, 0.5) is 0 Å². The van der Waals surface area contributed by atoms with Crippen LogP contribution in [0.3, 0.4) is 0 Å². The van der Waals surface area contributed by atoms with Gasteiger partial charge in [0.1, 0.15) is 0 Å². The monoisotopic (exact) mass is 301 g/mol. The van der Waals surface area contributed by atoms with Crippen LogP contribution >= 0.6 is 0 Å². The zero-order valence-corrected chi connectivity index (χ0v) is 11.3. The molecule has 0 aliphatic heterocycles. The van der Waals surface area contributed by atoms with Crippen LogP contribution in [0.15, 0.2) is 0 Å². The number of aliphatic hydroxyl groups excluding tert-OH is 1. The van der Waals surface area contributed by atoms with Gasteiger partial charge in [-0.05, 0) is 19.8 Å². The summed E-state index contributed by atoms with van der Waals surface area (Å²) in [6.45, 7) is 2.47. The van der Waals surface area contributed by atoms with E-state index in [0.29, 0.717) is 13.0 Å². The molecule has 0 aromatic carbocycles. The van der Waals surface area contributed by atoms with Gasteiger partial charge in [0.15, 0.2) is 0 Å². The molecule has 0 aromatic rings. The molecule has 0 aromatic heterocycles. The summed E-state index contributed by atoms with van der Waals surface area (Å²) in [5.74, 6) is -0.134. The first-order valence-electron chi connectivity index (χ1n) is 4.07. The van der Waals surface area contributed by atoms with E-state index in [-0.39, 0.29) is 53.9 Å². The molecule has 0 heterocycles. The second-order valence-electron chi connectivity index (χ2n) is 2.34. The largest absolute Gasteiger partial charge is 0.466 e. The number of ether oxygens (including phenoxy) is 1. The maximum Gasteiger partial charge on any atom is 0.305 e. The molecular formula is C8H16O3Pr. The van der Waals surface area contributed by atoms with Crippen LogP contribution < -0.4 is 0 Å². The first-order valence-corrected chi connectivity index (χ1v) is 4.07. The first kappa shape index (κ1) is 15.3. The van der Waals surface area contributed by atoms with Crippen molar-refractivity contribution in [3.63, 3.8) is 0 Å². The Labute approximate surface area is 107 Å². The molecule has 0 saturated carbocycles. The van der Waals surface area contributed by atoms with Crippen LogP contribution in [0.5, 0.6) is 0 Å². The van der Waals surface area contributed by atoms with Gasteiger partial charge in [0.25, 0.3) is 0 Å². The van der Waals surface area contributed by atoms with E-state index in [0.717, 1.165) is 19.3 Å². The number of unbranched alkanes of at least 4 members (excludes halogenated alkanes) is 2. The number of carbonyl (C=O) groups excluding carboxylic acids is 1. The molecule has 0 amide bonds. The predicted octanol–water partition coefficient (Wildman–Crippen LogP) is 1.10. The van der Waals surface area contributed by atoms with E-state index in [1.165, 1.54) is 0 Å². The summed E-state index contributed by atoms with van der Waals surface area (Å²) < 4.78 is 4.72. The summed E-state index contributed by atoms with van der Waals surface area (Å²) >= 11 is 0. The van der Waals surface area contributed by atoms with Crippen LogP contribution in [0.2, 0.25) is 0 Å². The van der Waals surface area contributed by atoms with E-state index in [1.54, 1.807) is 6.92 Å². The van der Waals surface area contributed by atoms with Crippen LogP contribution in [-0.4, -0.2) is 24.3 Å². The number of carbonyl (C=O) groups is 1. The molecule has 0 bridgehead atoms. The Kier molecular flexibility index (Phi) is 15.0. The molecule has 0 spiro atoms. The zero-order chi connectivity index (χ0) is 8.53. The molecule has 1 radical (unpaired) electrons. The fraction of sp³-hybridized carbons (Fsp3) is 0.875. The molecular weight excluding hydrogens is 285 g/mol. The van der Waals surface area contributed by atoms with Crippen molar-refractivity contribution in [3.05, 3.63) is 0 Å². The summed E-state index contributed by atoms with van der Waals surface area (Å²) in [4.78, 5) is 10.7. The van der Waals surface area contributed by atoms with Crippen molar-refractivity contribution < 1.29 is 55.9 Å². The number of rotatable bonds is 6. The number of hydrogen-bond donors (Lipinski definition) is 1. The van der Waals surface area contributed by atoms with Crippen LogP contribution in [-0.2, 0) is 9.53 Å². The summed E-state index contributed by atoms with van der Waals surface area (Å²) in [6.07, 6.45) is 2.97. The first-order chi connectivity index (χ1) is 5.31. The molecule has 0 unspecified atom stereocenters. The normalized spacial score (nSPS) is 8.83. The molecule has 3 nitrogen and oxygen atoms in total. The van der Waals surface area contributed by atoms with Crippen molar-refractivity contribution in [2.24, 2.45) is 0 Å². The SMILES string of the molecule is CCOC(=O)CCCCCO.[Pr]. The standard InChI is InChI=1S/C8H16O3.Pr/c1-2-11-8(10)6-4-3-5-7-9;/h9H,2-7H2,1H3;. The fourth-order valence-corrected chi connectivity index (χ4v) is 0.791. The molecule has 0 fully saturated rings. The summed E-state index contributed by atoms with van der Waals surface area (Å²) in [5, 5.41) is 8.42. The minimum atomic E-state index is -0.134. The fourth-order valence-electron chi connectivity index (χ4n) is 0.791. The third kappa shape index (κ3) is 10.8. The van der Waals surface area contributed by atoms with Gasteiger partial charge in [0.2, 0.25) is 0 Å². The molecule has 12 heavy (non-hydrogen) atoms. The Morgan fingerprint density at radius 2 is 2.00 bits per heavy atom. The number of hydrogen-bond acceptors (Lipinski definition) is 3. The smallest absolute Gasteiger partial charge is 0.305 e. The van der Waals surface area contributed by atoms with Crippen molar-refractivity contribution >= 4 is 5.97 Å². The summed E-state index contributed by atoms with van der Waals surface area (Å²) in [7, 11) is 0. The molecule has 0 aliphatic carbocycles.